The Morgan fingerprint density at radius 2 is 1.69 bits per heavy atom. The number of benzene rings is 1. The van der Waals surface area contributed by atoms with Gasteiger partial charge in [-0.25, -0.2) is 0 Å². The molecule has 3 unspecified atom stereocenters. The summed E-state index contributed by atoms with van der Waals surface area (Å²) >= 11 is 0. The fourth-order valence-corrected chi connectivity index (χ4v) is 6.19. The molecule has 1 aromatic carbocycles. The second-order valence-corrected chi connectivity index (χ2v) is 12.4. The van der Waals surface area contributed by atoms with E-state index >= 15 is 0 Å². The first-order chi connectivity index (χ1) is 19.9. The number of hydrogen-bond acceptors (Lipinski definition) is 6. The molecule has 42 heavy (non-hydrogen) atoms. The molecule has 0 radical (unpaired) electrons. The highest BCUT2D eigenvalue weighted by Crippen LogP contribution is 2.30. The lowest BCUT2D eigenvalue weighted by Gasteiger charge is -2.39. The van der Waals surface area contributed by atoms with E-state index in [1.807, 2.05) is 56.1 Å². The van der Waals surface area contributed by atoms with Gasteiger partial charge in [0.25, 0.3) is 0 Å². The van der Waals surface area contributed by atoms with Crippen LogP contribution in [0.15, 0.2) is 30.3 Å². The largest absolute Gasteiger partial charge is 0.386 e. The number of nitrogens with one attached hydrogen (secondary N) is 1. The second-order valence-electron chi connectivity index (χ2n) is 12.4. The molecule has 1 aliphatic rings. The SMILES string of the molecule is CC[C@H](C)[C@@H]([C@@H](CC(=O)N1CCC[C@H]1C(OC)C(C)C(=O)N[C@H](C)C(O)c1ccccc1)OC)N(C)C(=O)CC(C)C. The first-order valence-corrected chi connectivity index (χ1v) is 15.5. The van der Waals surface area contributed by atoms with Crippen molar-refractivity contribution >= 4 is 17.7 Å². The Bertz CT molecular complexity index is 989. The minimum Gasteiger partial charge on any atom is -0.386 e. The number of methoxy groups -OCH3 is 2. The highest BCUT2D eigenvalue weighted by atomic mass is 16.5. The first kappa shape index (κ1) is 35.7. The predicted octanol–water partition coefficient (Wildman–Crippen LogP) is 4.19. The zero-order valence-electron chi connectivity index (χ0n) is 27.2. The summed E-state index contributed by atoms with van der Waals surface area (Å²) in [6.45, 7) is 12.4. The topological polar surface area (TPSA) is 108 Å². The van der Waals surface area contributed by atoms with Crippen LogP contribution in [0, 0.1) is 17.8 Å². The fourth-order valence-electron chi connectivity index (χ4n) is 6.19. The molecule has 9 nitrogen and oxygen atoms in total. The molecule has 0 saturated carbocycles. The molecular formula is C33H55N3O6. The Morgan fingerprint density at radius 1 is 1.05 bits per heavy atom. The molecule has 1 aromatic rings. The first-order valence-electron chi connectivity index (χ1n) is 15.5. The Kier molecular flexibility index (Phi) is 14.4. The molecule has 9 heteroatoms. The molecule has 1 fully saturated rings. The van der Waals surface area contributed by atoms with E-state index in [2.05, 4.69) is 19.2 Å². The van der Waals surface area contributed by atoms with E-state index in [1.54, 1.807) is 33.0 Å². The Hall–Kier alpha value is -2.49. The van der Waals surface area contributed by atoms with Gasteiger partial charge in [-0.2, -0.15) is 0 Å². The van der Waals surface area contributed by atoms with Gasteiger partial charge in [-0.15, -0.1) is 0 Å². The summed E-state index contributed by atoms with van der Waals surface area (Å²) in [5.41, 5.74) is 0.730. The van der Waals surface area contributed by atoms with Gasteiger partial charge in [-0.1, -0.05) is 71.4 Å². The van der Waals surface area contributed by atoms with Crippen molar-refractivity contribution in [1.82, 2.24) is 15.1 Å². The molecule has 0 aromatic heterocycles. The lowest BCUT2D eigenvalue weighted by molar-refractivity contribution is -0.146. The van der Waals surface area contributed by atoms with E-state index < -0.39 is 30.3 Å². The Morgan fingerprint density at radius 3 is 2.24 bits per heavy atom. The average molecular weight is 590 g/mol. The highest BCUT2D eigenvalue weighted by Gasteiger charge is 2.42. The molecule has 2 N–H and O–H groups in total. The third kappa shape index (κ3) is 9.25. The van der Waals surface area contributed by atoms with Crippen molar-refractivity contribution < 1.29 is 29.0 Å². The lowest BCUT2D eigenvalue weighted by Crippen LogP contribution is -2.53. The summed E-state index contributed by atoms with van der Waals surface area (Å²) in [6, 6.07) is 8.22. The molecule has 0 aliphatic carbocycles. The standard InChI is InChI=1S/C33H55N3O6/c1-10-22(4)30(35(7)28(37)19-21(2)3)27(41-8)20-29(38)36-18-14-17-26(36)32(42-9)23(5)33(40)34-24(6)31(39)25-15-12-11-13-16-25/h11-13,15-16,21-24,26-27,30-32,39H,10,14,17-20H2,1-9H3,(H,34,40)/t22-,23?,24+,26-,27+,30-,31?,32?/m0/s1. The van der Waals surface area contributed by atoms with Crippen LogP contribution in [0.4, 0.5) is 0 Å². The van der Waals surface area contributed by atoms with Crippen molar-refractivity contribution in [2.45, 2.75) is 110 Å². The lowest BCUT2D eigenvalue weighted by atomic mass is 9.90. The summed E-state index contributed by atoms with van der Waals surface area (Å²) < 4.78 is 11.8. The van der Waals surface area contributed by atoms with E-state index in [1.165, 1.54) is 0 Å². The molecule has 3 amide bonds. The minimum atomic E-state index is -0.845. The number of likely N-dealkylation sites (N-methyl/N-ethyl adjacent to an activating group) is 1. The number of carbonyl (C=O) groups is 3. The maximum atomic E-state index is 13.8. The number of aliphatic hydroxyl groups excluding tert-OH is 1. The van der Waals surface area contributed by atoms with E-state index in [0.29, 0.717) is 13.0 Å². The van der Waals surface area contributed by atoms with Crippen molar-refractivity contribution in [2.75, 3.05) is 27.8 Å². The van der Waals surface area contributed by atoms with Crippen LogP contribution in [0.25, 0.3) is 0 Å². The van der Waals surface area contributed by atoms with E-state index in [9.17, 15) is 19.5 Å². The van der Waals surface area contributed by atoms with E-state index in [0.717, 1.165) is 24.8 Å². The van der Waals surface area contributed by atoms with Crippen molar-refractivity contribution in [3.8, 4) is 0 Å². The van der Waals surface area contributed by atoms with E-state index in [4.69, 9.17) is 9.47 Å². The smallest absolute Gasteiger partial charge is 0.225 e. The van der Waals surface area contributed by atoms with Gasteiger partial charge >= 0.3 is 0 Å². The number of rotatable bonds is 16. The van der Waals surface area contributed by atoms with Crippen molar-refractivity contribution in [2.24, 2.45) is 17.8 Å². The van der Waals surface area contributed by atoms with Crippen LogP contribution in [0.5, 0.6) is 0 Å². The maximum Gasteiger partial charge on any atom is 0.225 e. The van der Waals surface area contributed by atoms with Gasteiger partial charge < -0.3 is 29.7 Å². The quantitative estimate of drug-likeness (QED) is 0.299. The van der Waals surface area contributed by atoms with Crippen molar-refractivity contribution in [3.63, 3.8) is 0 Å². The third-order valence-corrected chi connectivity index (χ3v) is 8.87. The summed E-state index contributed by atoms with van der Waals surface area (Å²) in [4.78, 5) is 43.7. The summed E-state index contributed by atoms with van der Waals surface area (Å²) in [5.74, 6) is -0.424. The molecule has 1 aliphatic heterocycles. The zero-order valence-corrected chi connectivity index (χ0v) is 27.2. The van der Waals surface area contributed by atoms with Crippen LogP contribution in [-0.4, -0.2) is 90.8 Å². The molecule has 238 valence electrons. The fraction of sp³-hybridized carbons (Fsp3) is 0.727. The van der Waals surface area contributed by atoms with Gasteiger partial charge in [0.15, 0.2) is 0 Å². The van der Waals surface area contributed by atoms with Gasteiger partial charge in [-0.05, 0) is 37.2 Å². The van der Waals surface area contributed by atoms with E-state index in [-0.39, 0.29) is 48.1 Å². The summed E-state index contributed by atoms with van der Waals surface area (Å²) in [6.07, 6.45) is 1.15. The van der Waals surface area contributed by atoms with Crippen LogP contribution >= 0.6 is 0 Å². The van der Waals surface area contributed by atoms with Gasteiger partial charge in [0.1, 0.15) is 0 Å². The van der Waals surface area contributed by atoms with Gasteiger partial charge in [0, 0.05) is 34.2 Å². The number of nitrogens with zero attached hydrogens (tertiary/aromatic N) is 2. The third-order valence-electron chi connectivity index (χ3n) is 8.87. The molecule has 8 atom stereocenters. The van der Waals surface area contributed by atoms with Crippen LogP contribution in [0.1, 0.15) is 85.3 Å². The maximum absolute atomic E-state index is 13.8. The van der Waals surface area contributed by atoms with Crippen LogP contribution in [-0.2, 0) is 23.9 Å². The zero-order chi connectivity index (χ0) is 31.6. The molecule has 0 bridgehead atoms. The second kappa shape index (κ2) is 17.0. The molecule has 2 rings (SSSR count). The summed E-state index contributed by atoms with van der Waals surface area (Å²) in [5, 5.41) is 13.7. The van der Waals surface area contributed by atoms with Gasteiger partial charge in [0.2, 0.25) is 17.7 Å². The van der Waals surface area contributed by atoms with Crippen LogP contribution < -0.4 is 5.32 Å². The number of carbonyl (C=O) groups excluding carboxylic acids is 3. The summed E-state index contributed by atoms with van der Waals surface area (Å²) in [7, 11) is 4.99. The van der Waals surface area contributed by atoms with Crippen molar-refractivity contribution in [1.29, 1.82) is 0 Å². The molecule has 1 heterocycles. The van der Waals surface area contributed by atoms with Gasteiger partial charge in [0.05, 0.1) is 48.8 Å². The Balaban J connectivity index is 2.15. The minimum absolute atomic E-state index is 0.0507. The Labute approximate surface area is 253 Å². The number of aliphatic hydroxyl groups is 1. The number of likely N-dealkylation sites (tertiary alicyclic amines) is 1. The molecular weight excluding hydrogens is 534 g/mol. The average Bonchev–Trinajstić information content (AvgIpc) is 3.46. The van der Waals surface area contributed by atoms with Crippen LogP contribution in [0.2, 0.25) is 0 Å². The van der Waals surface area contributed by atoms with Gasteiger partial charge in [-0.3, -0.25) is 14.4 Å². The number of amides is 3. The normalized spacial score (nSPS) is 20.4. The monoisotopic (exact) mass is 589 g/mol. The highest BCUT2D eigenvalue weighted by molar-refractivity contribution is 5.81. The molecule has 0 spiro atoms. The molecule has 1 saturated heterocycles. The van der Waals surface area contributed by atoms with Crippen LogP contribution in [0.3, 0.4) is 0 Å². The number of ether oxygens (including phenoxy) is 2. The van der Waals surface area contributed by atoms with Crippen molar-refractivity contribution in [3.05, 3.63) is 35.9 Å². The predicted molar refractivity (Wildman–Crippen MR) is 165 cm³/mol. The number of hydrogen-bond donors (Lipinski definition) is 2.